The van der Waals surface area contributed by atoms with Gasteiger partial charge in [0.05, 0.1) is 23.8 Å². The van der Waals surface area contributed by atoms with Crippen molar-refractivity contribution in [3.8, 4) is 6.07 Å². The number of aromatic nitrogens is 2. The zero-order chi connectivity index (χ0) is 21.3. The second kappa shape index (κ2) is 9.67. The molecule has 0 radical (unpaired) electrons. The maximum Gasteiger partial charge on any atom is 0.270 e. The lowest BCUT2D eigenvalue weighted by atomic mass is 9.81. The molecule has 1 saturated heterocycles. The first kappa shape index (κ1) is 23.0. The Morgan fingerprint density at radius 3 is 2.74 bits per heavy atom. The van der Waals surface area contributed by atoms with Crippen molar-refractivity contribution in [3.05, 3.63) is 30.2 Å². The van der Waals surface area contributed by atoms with E-state index in [2.05, 4.69) is 16.4 Å². The average molecular weight is 445 g/mol. The third-order valence-electron chi connectivity index (χ3n) is 6.59. The first-order valence-corrected chi connectivity index (χ1v) is 10.7. The quantitative estimate of drug-likeness (QED) is 0.749. The summed E-state index contributed by atoms with van der Waals surface area (Å²) in [5.41, 5.74) is 7.69. The lowest BCUT2D eigenvalue weighted by molar-refractivity contribution is -0.134. The first-order chi connectivity index (χ1) is 14.5. The van der Waals surface area contributed by atoms with Crippen molar-refractivity contribution in [2.45, 2.75) is 56.7 Å². The van der Waals surface area contributed by atoms with Gasteiger partial charge in [0.2, 0.25) is 5.91 Å². The molecule has 2 aromatic rings. The Hall–Kier alpha value is -2.63. The number of halogens is 1. The summed E-state index contributed by atoms with van der Waals surface area (Å²) in [7, 11) is 1.95. The Morgan fingerprint density at radius 1 is 1.29 bits per heavy atom. The maximum absolute atomic E-state index is 12.7. The molecule has 0 spiro atoms. The number of likely N-dealkylation sites (tertiary alicyclic amines) is 1. The molecule has 1 aliphatic carbocycles. The minimum absolute atomic E-state index is 0. The molecule has 2 amide bonds. The number of nitrogens with one attached hydrogen (secondary N) is 1. The van der Waals surface area contributed by atoms with Gasteiger partial charge in [-0.1, -0.05) is 0 Å². The van der Waals surface area contributed by atoms with E-state index in [0.717, 1.165) is 49.4 Å². The number of aryl methyl sites for hydroxylation is 1. The molecule has 0 unspecified atom stereocenters. The second-order valence-electron chi connectivity index (χ2n) is 8.48. The highest BCUT2D eigenvalue weighted by Crippen LogP contribution is 2.29. The standard InChI is InChI=1S/C22H28N6O2.ClH/c1-27-10-8-15-11-18(25-13-19(15)27)21(29)26-16-6-4-14(5-7-16)20(24)22(30)28-9-2-3-17(28)12-23;/h8,10-11,13-14,16-17,20H,2-7,9,24H2,1H3,(H,26,29);1H/t14?,16?,17-,20-;/m0./s1. The summed E-state index contributed by atoms with van der Waals surface area (Å²) in [5, 5.41) is 13.3. The predicted octanol–water partition coefficient (Wildman–Crippen LogP) is 2.13. The van der Waals surface area contributed by atoms with Crippen molar-refractivity contribution in [3.63, 3.8) is 0 Å². The van der Waals surface area contributed by atoms with Crippen LogP contribution in [0.1, 0.15) is 49.0 Å². The third kappa shape index (κ3) is 4.68. The van der Waals surface area contributed by atoms with E-state index in [-0.39, 0.29) is 42.2 Å². The van der Waals surface area contributed by atoms with Crippen LogP contribution in [0.15, 0.2) is 24.5 Å². The number of nitrogens with two attached hydrogens (primary N) is 1. The van der Waals surface area contributed by atoms with Gasteiger partial charge in [-0.2, -0.15) is 5.26 Å². The second-order valence-corrected chi connectivity index (χ2v) is 8.48. The summed E-state index contributed by atoms with van der Waals surface area (Å²) in [6.07, 6.45) is 8.40. The van der Waals surface area contributed by atoms with E-state index >= 15 is 0 Å². The number of carbonyl (C=O) groups excluding carboxylic acids is 2. The van der Waals surface area contributed by atoms with Crippen LogP contribution in [0.5, 0.6) is 0 Å². The number of carbonyl (C=O) groups is 2. The van der Waals surface area contributed by atoms with Gasteiger partial charge in [0.1, 0.15) is 11.7 Å². The van der Waals surface area contributed by atoms with E-state index in [1.807, 2.05) is 29.9 Å². The molecule has 3 N–H and O–H groups in total. The minimum Gasteiger partial charge on any atom is -0.349 e. The number of hydrogen-bond acceptors (Lipinski definition) is 5. The molecule has 3 heterocycles. The zero-order valence-electron chi connectivity index (χ0n) is 17.7. The summed E-state index contributed by atoms with van der Waals surface area (Å²) in [5.74, 6) is -0.185. The molecular formula is C22H29ClN6O2. The van der Waals surface area contributed by atoms with Gasteiger partial charge in [-0.3, -0.25) is 9.59 Å². The van der Waals surface area contributed by atoms with Gasteiger partial charge in [0.15, 0.2) is 0 Å². The van der Waals surface area contributed by atoms with Crippen LogP contribution in [0.4, 0.5) is 0 Å². The van der Waals surface area contributed by atoms with E-state index in [9.17, 15) is 14.9 Å². The molecule has 2 fully saturated rings. The van der Waals surface area contributed by atoms with E-state index in [0.29, 0.717) is 12.2 Å². The topological polar surface area (TPSA) is 117 Å². The molecule has 4 rings (SSSR count). The summed E-state index contributed by atoms with van der Waals surface area (Å²) >= 11 is 0. The van der Waals surface area contributed by atoms with Crippen molar-refractivity contribution in [1.82, 2.24) is 19.8 Å². The SMILES string of the molecule is Cl.Cn1ccc2cc(C(=O)NC3CCC([C@H](N)C(=O)N4CCC[C@H]4C#N)CC3)ncc21. The fourth-order valence-electron chi connectivity index (χ4n) is 4.73. The van der Waals surface area contributed by atoms with Crippen LogP contribution in [0.25, 0.3) is 10.9 Å². The van der Waals surface area contributed by atoms with Crippen LogP contribution in [0.2, 0.25) is 0 Å². The van der Waals surface area contributed by atoms with Gasteiger partial charge in [0.25, 0.3) is 5.91 Å². The van der Waals surface area contributed by atoms with Gasteiger partial charge in [-0.05, 0) is 56.6 Å². The molecule has 2 aromatic heterocycles. The van der Waals surface area contributed by atoms with Crippen LogP contribution >= 0.6 is 12.4 Å². The smallest absolute Gasteiger partial charge is 0.270 e. The zero-order valence-corrected chi connectivity index (χ0v) is 18.5. The number of amides is 2. The van der Waals surface area contributed by atoms with Crippen molar-refractivity contribution in [1.29, 1.82) is 5.26 Å². The monoisotopic (exact) mass is 444 g/mol. The van der Waals surface area contributed by atoms with Crippen LogP contribution in [0, 0.1) is 17.2 Å². The third-order valence-corrected chi connectivity index (χ3v) is 6.59. The Bertz CT molecular complexity index is 992. The Labute approximate surface area is 188 Å². The number of nitriles is 1. The Balaban J connectivity index is 0.00000272. The predicted molar refractivity (Wildman–Crippen MR) is 119 cm³/mol. The Kier molecular flexibility index (Phi) is 7.19. The molecule has 1 aliphatic heterocycles. The number of nitrogens with zero attached hydrogens (tertiary/aromatic N) is 4. The fraction of sp³-hybridized carbons (Fsp3) is 0.545. The highest BCUT2D eigenvalue weighted by atomic mass is 35.5. The van der Waals surface area contributed by atoms with Gasteiger partial charge < -0.3 is 20.5 Å². The first-order valence-electron chi connectivity index (χ1n) is 10.7. The lowest BCUT2D eigenvalue weighted by Crippen LogP contribution is -2.50. The average Bonchev–Trinajstić information content (AvgIpc) is 3.39. The van der Waals surface area contributed by atoms with Gasteiger partial charge in [-0.25, -0.2) is 4.98 Å². The lowest BCUT2D eigenvalue weighted by Gasteiger charge is -2.34. The summed E-state index contributed by atoms with van der Waals surface area (Å²) in [6, 6.07) is 5.13. The largest absolute Gasteiger partial charge is 0.349 e. The summed E-state index contributed by atoms with van der Waals surface area (Å²) in [4.78, 5) is 31.3. The molecule has 0 bridgehead atoms. The van der Waals surface area contributed by atoms with Crippen LogP contribution in [-0.4, -0.2) is 50.9 Å². The van der Waals surface area contributed by atoms with E-state index in [1.54, 1.807) is 11.1 Å². The van der Waals surface area contributed by atoms with Crippen molar-refractivity contribution < 1.29 is 9.59 Å². The number of fused-ring (bicyclic) bond motifs is 1. The number of hydrogen-bond donors (Lipinski definition) is 2. The van der Waals surface area contributed by atoms with Crippen LogP contribution in [0.3, 0.4) is 0 Å². The molecule has 9 heteroatoms. The Morgan fingerprint density at radius 2 is 2.03 bits per heavy atom. The molecule has 0 aromatic carbocycles. The van der Waals surface area contributed by atoms with E-state index in [1.165, 1.54) is 0 Å². The normalized spacial score (nSPS) is 24.3. The summed E-state index contributed by atoms with van der Waals surface area (Å²) in [6.45, 7) is 0.620. The molecule has 2 aliphatic rings. The van der Waals surface area contributed by atoms with E-state index < -0.39 is 6.04 Å². The minimum atomic E-state index is -0.572. The molecule has 2 atom stereocenters. The number of rotatable bonds is 4. The molecule has 166 valence electrons. The molecule has 31 heavy (non-hydrogen) atoms. The van der Waals surface area contributed by atoms with Gasteiger partial charge in [-0.15, -0.1) is 12.4 Å². The highest BCUT2D eigenvalue weighted by Gasteiger charge is 2.36. The van der Waals surface area contributed by atoms with E-state index in [4.69, 9.17) is 5.73 Å². The van der Waals surface area contributed by atoms with Crippen molar-refractivity contribution in [2.75, 3.05) is 6.54 Å². The highest BCUT2D eigenvalue weighted by molar-refractivity contribution is 5.96. The van der Waals surface area contributed by atoms with Gasteiger partial charge in [0, 0.05) is 31.2 Å². The van der Waals surface area contributed by atoms with Crippen molar-refractivity contribution in [2.24, 2.45) is 18.7 Å². The van der Waals surface area contributed by atoms with Gasteiger partial charge >= 0.3 is 0 Å². The van der Waals surface area contributed by atoms with Crippen LogP contribution < -0.4 is 11.1 Å². The van der Waals surface area contributed by atoms with Crippen LogP contribution in [-0.2, 0) is 11.8 Å². The summed E-state index contributed by atoms with van der Waals surface area (Å²) < 4.78 is 1.97. The maximum atomic E-state index is 12.7. The molecule has 1 saturated carbocycles. The number of pyridine rings is 1. The molecule has 8 nitrogen and oxygen atoms in total. The molecular weight excluding hydrogens is 416 g/mol. The fourth-order valence-corrected chi connectivity index (χ4v) is 4.73. The van der Waals surface area contributed by atoms with Crippen molar-refractivity contribution >= 4 is 35.1 Å².